The largest absolute Gasteiger partial charge is 0.348 e. The lowest BCUT2D eigenvalue weighted by Gasteiger charge is -2.15. The summed E-state index contributed by atoms with van der Waals surface area (Å²) in [6.07, 6.45) is 2.90. The molecule has 5 nitrogen and oxygen atoms in total. The molecule has 106 valence electrons. The summed E-state index contributed by atoms with van der Waals surface area (Å²) < 4.78 is 22.6. The summed E-state index contributed by atoms with van der Waals surface area (Å²) in [5, 5.41) is 2.83. The molecule has 0 heterocycles. The number of amides is 1. The fourth-order valence-electron chi connectivity index (χ4n) is 1.72. The molecule has 0 aliphatic heterocycles. The summed E-state index contributed by atoms with van der Waals surface area (Å²) >= 11 is 0. The zero-order chi connectivity index (χ0) is 14.5. The molecule has 1 atom stereocenters. The number of hydrogen-bond acceptors (Lipinski definition) is 4. The lowest BCUT2D eigenvalue weighted by molar-refractivity contribution is 0.0936. The van der Waals surface area contributed by atoms with Crippen LogP contribution in [-0.2, 0) is 9.84 Å². The van der Waals surface area contributed by atoms with Crippen molar-refractivity contribution in [2.24, 2.45) is 5.73 Å². The summed E-state index contributed by atoms with van der Waals surface area (Å²) in [6, 6.07) is 5.83. The van der Waals surface area contributed by atoms with Crippen molar-refractivity contribution in [2.75, 3.05) is 12.8 Å². The van der Waals surface area contributed by atoms with Gasteiger partial charge in [-0.1, -0.05) is 13.3 Å². The van der Waals surface area contributed by atoms with Gasteiger partial charge in [-0.05, 0) is 30.7 Å². The van der Waals surface area contributed by atoms with Gasteiger partial charge in [-0.15, -0.1) is 0 Å². The molecule has 0 bridgehead atoms. The maximum Gasteiger partial charge on any atom is 0.251 e. The van der Waals surface area contributed by atoms with Crippen LogP contribution in [0, 0.1) is 0 Å². The Morgan fingerprint density at radius 3 is 2.32 bits per heavy atom. The average Bonchev–Trinajstić information content (AvgIpc) is 2.37. The Balaban J connectivity index is 2.78. The highest BCUT2D eigenvalue weighted by Gasteiger charge is 2.13. The molecule has 19 heavy (non-hydrogen) atoms. The topological polar surface area (TPSA) is 89.3 Å². The molecule has 1 aromatic carbocycles. The minimum absolute atomic E-state index is 0.0490. The number of hydrogen-bond donors (Lipinski definition) is 2. The molecule has 0 aliphatic rings. The number of sulfone groups is 1. The van der Waals surface area contributed by atoms with E-state index >= 15 is 0 Å². The smallest absolute Gasteiger partial charge is 0.251 e. The van der Waals surface area contributed by atoms with Crippen LogP contribution in [0.4, 0.5) is 0 Å². The highest BCUT2D eigenvalue weighted by molar-refractivity contribution is 7.90. The summed E-state index contributed by atoms with van der Waals surface area (Å²) in [5.74, 6) is -0.232. The number of rotatable bonds is 6. The molecule has 0 aliphatic carbocycles. The van der Waals surface area contributed by atoms with E-state index in [4.69, 9.17) is 5.73 Å². The van der Waals surface area contributed by atoms with Gasteiger partial charge in [0.2, 0.25) is 0 Å². The SMILES string of the molecule is CCCC(CN)NC(=O)c1ccc(S(C)(=O)=O)cc1. The molecule has 6 heteroatoms. The van der Waals surface area contributed by atoms with Crippen molar-refractivity contribution in [3.8, 4) is 0 Å². The van der Waals surface area contributed by atoms with Crippen LogP contribution in [0.15, 0.2) is 29.2 Å². The summed E-state index contributed by atoms with van der Waals surface area (Å²) in [6.45, 7) is 2.41. The number of carbonyl (C=O) groups is 1. The molecule has 0 fully saturated rings. The maximum atomic E-state index is 11.9. The van der Waals surface area contributed by atoms with Crippen LogP contribution in [0.1, 0.15) is 30.1 Å². The van der Waals surface area contributed by atoms with Gasteiger partial charge in [0.1, 0.15) is 0 Å². The molecule has 1 amide bonds. The third-order valence-corrected chi connectivity index (χ3v) is 3.93. The van der Waals surface area contributed by atoms with Crippen LogP contribution >= 0.6 is 0 Å². The van der Waals surface area contributed by atoms with E-state index in [-0.39, 0.29) is 16.8 Å². The molecular formula is C13H20N2O3S. The van der Waals surface area contributed by atoms with E-state index in [9.17, 15) is 13.2 Å². The van der Waals surface area contributed by atoms with Crippen LogP contribution in [-0.4, -0.2) is 33.2 Å². The Kier molecular flexibility index (Phi) is 5.50. The van der Waals surface area contributed by atoms with Crippen molar-refractivity contribution in [1.29, 1.82) is 0 Å². The summed E-state index contributed by atoms with van der Waals surface area (Å²) in [5.41, 5.74) is 6.00. The first-order chi connectivity index (χ1) is 8.88. The van der Waals surface area contributed by atoms with Crippen LogP contribution in [0.2, 0.25) is 0 Å². The van der Waals surface area contributed by atoms with Gasteiger partial charge in [0.05, 0.1) is 4.90 Å². The van der Waals surface area contributed by atoms with Crippen LogP contribution in [0.5, 0.6) is 0 Å². The van der Waals surface area contributed by atoms with E-state index < -0.39 is 9.84 Å². The highest BCUT2D eigenvalue weighted by Crippen LogP contribution is 2.10. The molecular weight excluding hydrogens is 264 g/mol. The van der Waals surface area contributed by atoms with Crippen molar-refractivity contribution in [2.45, 2.75) is 30.7 Å². The van der Waals surface area contributed by atoms with E-state index in [1.165, 1.54) is 24.3 Å². The fourth-order valence-corrected chi connectivity index (χ4v) is 2.35. The van der Waals surface area contributed by atoms with E-state index in [1.54, 1.807) is 0 Å². The van der Waals surface area contributed by atoms with Crippen molar-refractivity contribution in [3.63, 3.8) is 0 Å². The Labute approximate surface area is 114 Å². The van der Waals surface area contributed by atoms with Gasteiger partial charge in [0.25, 0.3) is 5.91 Å². The van der Waals surface area contributed by atoms with Gasteiger partial charge >= 0.3 is 0 Å². The Hall–Kier alpha value is -1.40. The van der Waals surface area contributed by atoms with Gasteiger partial charge in [0.15, 0.2) is 9.84 Å². The van der Waals surface area contributed by atoms with E-state index in [0.717, 1.165) is 19.1 Å². The van der Waals surface area contributed by atoms with Crippen LogP contribution in [0.25, 0.3) is 0 Å². The normalized spacial score (nSPS) is 13.0. The number of carbonyl (C=O) groups excluding carboxylic acids is 1. The third kappa shape index (κ3) is 4.65. The molecule has 0 saturated heterocycles. The van der Waals surface area contributed by atoms with Gasteiger partial charge in [-0.25, -0.2) is 8.42 Å². The van der Waals surface area contributed by atoms with Crippen molar-refractivity contribution >= 4 is 15.7 Å². The molecule has 1 aromatic rings. The number of benzene rings is 1. The van der Waals surface area contributed by atoms with Gasteiger partial charge in [-0.2, -0.15) is 0 Å². The fraction of sp³-hybridized carbons (Fsp3) is 0.462. The van der Waals surface area contributed by atoms with Crippen molar-refractivity contribution in [3.05, 3.63) is 29.8 Å². The minimum Gasteiger partial charge on any atom is -0.348 e. The Bertz CT molecular complexity index is 523. The van der Waals surface area contributed by atoms with Crippen molar-refractivity contribution < 1.29 is 13.2 Å². The average molecular weight is 284 g/mol. The maximum absolute atomic E-state index is 11.9. The van der Waals surface area contributed by atoms with Gasteiger partial charge in [-0.3, -0.25) is 4.79 Å². The van der Waals surface area contributed by atoms with E-state index in [2.05, 4.69) is 5.32 Å². The zero-order valence-electron chi connectivity index (χ0n) is 11.2. The second-order valence-corrected chi connectivity index (χ2v) is 6.51. The predicted molar refractivity (Wildman–Crippen MR) is 74.8 cm³/mol. The minimum atomic E-state index is -3.23. The van der Waals surface area contributed by atoms with Gasteiger partial charge < -0.3 is 11.1 Å². The monoisotopic (exact) mass is 284 g/mol. The highest BCUT2D eigenvalue weighted by atomic mass is 32.2. The van der Waals surface area contributed by atoms with E-state index in [1.807, 2.05) is 6.92 Å². The molecule has 0 spiro atoms. The molecule has 0 aromatic heterocycles. The first-order valence-corrected chi connectivity index (χ1v) is 8.08. The Morgan fingerprint density at radius 2 is 1.89 bits per heavy atom. The van der Waals surface area contributed by atoms with E-state index in [0.29, 0.717) is 12.1 Å². The predicted octanol–water partition coefficient (Wildman–Crippen LogP) is 0.947. The molecule has 0 radical (unpaired) electrons. The number of nitrogens with one attached hydrogen (secondary N) is 1. The molecule has 1 unspecified atom stereocenters. The lowest BCUT2D eigenvalue weighted by atomic mass is 10.1. The first-order valence-electron chi connectivity index (χ1n) is 6.19. The third-order valence-electron chi connectivity index (χ3n) is 2.80. The number of nitrogens with two attached hydrogens (primary N) is 1. The van der Waals surface area contributed by atoms with Gasteiger partial charge in [0, 0.05) is 24.4 Å². The van der Waals surface area contributed by atoms with Crippen molar-refractivity contribution in [1.82, 2.24) is 5.32 Å². The first kappa shape index (κ1) is 15.7. The molecule has 1 rings (SSSR count). The second-order valence-electron chi connectivity index (χ2n) is 4.49. The quantitative estimate of drug-likeness (QED) is 0.814. The molecule has 3 N–H and O–H groups in total. The zero-order valence-corrected chi connectivity index (χ0v) is 12.0. The van der Waals surface area contributed by atoms with Crippen LogP contribution in [0.3, 0.4) is 0 Å². The standard InChI is InChI=1S/C13H20N2O3S/c1-3-4-11(9-14)15-13(16)10-5-7-12(8-6-10)19(2,17)18/h5-8,11H,3-4,9,14H2,1-2H3,(H,15,16). The van der Waals surface area contributed by atoms with Crippen LogP contribution < -0.4 is 11.1 Å². The molecule has 0 saturated carbocycles. The Morgan fingerprint density at radius 1 is 1.32 bits per heavy atom. The second kappa shape index (κ2) is 6.68. The summed E-state index contributed by atoms with van der Waals surface area (Å²) in [4.78, 5) is 12.1. The lowest BCUT2D eigenvalue weighted by Crippen LogP contribution is -2.40. The summed E-state index contributed by atoms with van der Waals surface area (Å²) in [7, 11) is -3.23.